The molecule has 168 valence electrons. The summed E-state index contributed by atoms with van der Waals surface area (Å²) < 4.78 is 1.87. The first-order chi connectivity index (χ1) is 15.9. The molecule has 0 spiro atoms. The molecular weight excluding hydrogens is 436 g/mol. The topological polar surface area (TPSA) is 67.2 Å². The molecule has 0 aliphatic carbocycles. The fraction of sp³-hybridized carbons (Fsp3) is 0.192. The van der Waals surface area contributed by atoms with Crippen LogP contribution in [0.3, 0.4) is 0 Å². The molecule has 0 aliphatic heterocycles. The van der Waals surface area contributed by atoms with Crippen molar-refractivity contribution in [2.45, 2.75) is 33.0 Å². The van der Waals surface area contributed by atoms with Crippen LogP contribution in [0.25, 0.3) is 11.0 Å². The molecule has 33 heavy (non-hydrogen) atoms. The number of imidazole rings is 1. The van der Waals surface area contributed by atoms with Crippen LogP contribution in [0.1, 0.15) is 30.0 Å². The van der Waals surface area contributed by atoms with Crippen LogP contribution in [0.2, 0.25) is 5.02 Å². The number of carbonyl (C=O) groups excluding carboxylic acids is 2. The van der Waals surface area contributed by atoms with Crippen LogP contribution in [0.4, 0.5) is 5.69 Å². The van der Waals surface area contributed by atoms with E-state index in [1.165, 1.54) is 0 Å². The molecule has 1 heterocycles. The Kier molecular flexibility index (Phi) is 6.75. The van der Waals surface area contributed by atoms with Crippen molar-refractivity contribution in [1.82, 2.24) is 14.9 Å². The lowest BCUT2D eigenvalue weighted by Crippen LogP contribution is -2.39. The first kappa shape index (κ1) is 22.6. The monoisotopic (exact) mass is 460 g/mol. The molecule has 2 amide bonds. The number of fused-ring (bicyclic) bond motifs is 1. The summed E-state index contributed by atoms with van der Waals surface area (Å²) in [6.45, 7) is 4.28. The highest BCUT2D eigenvalue weighted by atomic mass is 35.5. The lowest BCUT2D eigenvalue weighted by atomic mass is 10.2. The number of halogens is 1. The summed E-state index contributed by atoms with van der Waals surface area (Å²) >= 11 is 5.91. The summed E-state index contributed by atoms with van der Waals surface area (Å²) in [5, 5.41) is 3.47. The van der Waals surface area contributed by atoms with E-state index in [0.717, 1.165) is 16.7 Å². The SMILES string of the molecule is CC(C)N(C(=O)Cn1c(CNC(=O)c2ccc(Cl)cc2)nc2ccccc21)c1ccccc1. The molecule has 0 aliphatic rings. The van der Waals surface area contributed by atoms with E-state index in [1.807, 2.05) is 73.0 Å². The van der Waals surface area contributed by atoms with Crippen LogP contribution in [0.15, 0.2) is 78.9 Å². The molecule has 0 atom stereocenters. The van der Waals surface area contributed by atoms with Crippen molar-refractivity contribution in [2.24, 2.45) is 0 Å². The Morgan fingerprint density at radius 2 is 1.64 bits per heavy atom. The zero-order valence-corrected chi connectivity index (χ0v) is 19.3. The number of hydrogen-bond acceptors (Lipinski definition) is 3. The van der Waals surface area contributed by atoms with Gasteiger partial charge in [0.05, 0.1) is 17.6 Å². The molecule has 1 N–H and O–H groups in total. The van der Waals surface area contributed by atoms with Gasteiger partial charge in [-0.3, -0.25) is 9.59 Å². The summed E-state index contributed by atoms with van der Waals surface area (Å²) in [6, 6.07) is 24.0. The van der Waals surface area contributed by atoms with Crippen LogP contribution in [0.5, 0.6) is 0 Å². The normalized spacial score (nSPS) is 11.0. The molecule has 0 fully saturated rings. The predicted octanol–water partition coefficient (Wildman–Crippen LogP) is 5.06. The zero-order chi connectivity index (χ0) is 23.4. The van der Waals surface area contributed by atoms with Gasteiger partial charge in [0.1, 0.15) is 12.4 Å². The van der Waals surface area contributed by atoms with Crippen molar-refractivity contribution in [3.8, 4) is 0 Å². The van der Waals surface area contributed by atoms with Gasteiger partial charge in [-0.15, -0.1) is 0 Å². The molecule has 6 nitrogen and oxygen atoms in total. The second-order valence-corrected chi connectivity index (χ2v) is 8.42. The van der Waals surface area contributed by atoms with Gasteiger partial charge in [0.2, 0.25) is 5.91 Å². The van der Waals surface area contributed by atoms with Crippen LogP contribution < -0.4 is 10.2 Å². The third-order valence-corrected chi connectivity index (χ3v) is 5.61. The van der Waals surface area contributed by atoms with Crippen molar-refractivity contribution in [2.75, 3.05) is 4.90 Å². The second-order valence-electron chi connectivity index (χ2n) is 7.99. The number of anilines is 1. The lowest BCUT2D eigenvalue weighted by Gasteiger charge is -2.27. The quantitative estimate of drug-likeness (QED) is 0.419. The molecule has 7 heteroatoms. The van der Waals surface area contributed by atoms with E-state index in [4.69, 9.17) is 11.6 Å². The Morgan fingerprint density at radius 3 is 2.33 bits per heavy atom. The number of benzene rings is 3. The molecule has 0 saturated heterocycles. The molecule has 4 rings (SSSR count). The molecular formula is C26H25ClN4O2. The Balaban J connectivity index is 1.60. The largest absolute Gasteiger partial charge is 0.345 e. The maximum Gasteiger partial charge on any atom is 0.251 e. The number of para-hydroxylation sites is 3. The number of carbonyl (C=O) groups is 2. The van der Waals surface area contributed by atoms with Gasteiger partial charge >= 0.3 is 0 Å². The van der Waals surface area contributed by atoms with Gasteiger partial charge in [-0.05, 0) is 62.4 Å². The van der Waals surface area contributed by atoms with Gasteiger partial charge < -0.3 is 14.8 Å². The standard InChI is InChI=1S/C26H25ClN4O2/c1-18(2)31(21-8-4-3-5-9-21)25(32)17-30-23-11-7-6-10-22(23)29-24(30)16-28-26(33)19-12-14-20(27)15-13-19/h3-15,18H,16-17H2,1-2H3,(H,28,33). The zero-order valence-electron chi connectivity index (χ0n) is 18.5. The number of rotatable bonds is 7. The fourth-order valence-corrected chi connectivity index (χ4v) is 3.96. The third kappa shape index (κ3) is 5.07. The van der Waals surface area contributed by atoms with E-state index < -0.39 is 0 Å². The van der Waals surface area contributed by atoms with Crippen LogP contribution in [-0.2, 0) is 17.9 Å². The molecule has 0 bridgehead atoms. The summed E-state index contributed by atoms with van der Waals surface area (Å²) in [5.41, 5.74) is 2.97. The number of amides is 2. The van der Waals surface area contributed by atoms with E-state index in [-0.39, 0.29) is 30.9 Å². The highest BCUT2D eigenvalue weighted by Crippen LogP contribution is 2.21. The first-order valence-electron chi connectivity index (χ1n) is 10.8. The average Bonchev–Trinajstić information content (AvgIpc) is 3.16. The smallest absolute Gasteiger partial charge is 0.251 e. The maximum absolute atomic E-state index is 13.4. The van der Waals surface area contributed by atoms with Crippen molar-refractivity contribution in [3.05, 3.63) is 95.3 Å². The maximum atomic E-state index is 13.4. The molecule has 0 saturated carbocycles. The van der Waals surface area contributed by atoms with E-state index in [0.29, 0.717) is 16.4 Å². The van der Waals surface area contributed by atoms with Crippen LogP contribution in [-0.4, -0.2) is 27.4 Å². The molecule has 3 aromatic carbocycles. The summed E-state index contributed by atoms with van der Waals surface area (Å²) in [7, 11) is 0. The van der Waals surface area contributed by atoms with Crippen molar-refractivity contribution >= 4 is 40.1 Å². The number of nitrogens with one attached hydrogen (secondary N) is 1. The third-order valence-electron chi connectivity index (χ3n) is 5.36. The highest BCUT2D eigenvalue weighted by Gasteiger charge is 2.22. The summed E-state index contributed by atoms with van der Waals surface area (Å²) in [6.07, 6.45) is 0. The summed E-state index contributed by atoms with van der Waals surface area (Å²) in [5.74, 6) is 0.331. The number of nitrogens with zero attached hydrogens (tertiary/aromatic N) is 3. The van der Waals surface area contributed by atoms with Gasteiger partial charge in [0.15, 0.2) is 0 Å². The molecule has 0 radical (unpaired) electrons. The minimum Gasteiger partial charge on any atom is -0.345 e. The first-order valence-corrected chi connectivity index (χ1v) is 11.2. The second kappa shape index (κ2) is 9.88. The molecule has 1 aromatic heterocycles. The van der Waals surface area contributed by atoms with Crippen LogP contribution in [0, 0.1) is 0 Å². The van der Waals surface area contributed by atoms with Gasteiger partial charge in [0, 0.05) is 22.3 Å². The van der Waals surface area contributed by atoms with E-state index in [1.54, 1.807) is 29.2 Å². The Bertz CT molecular complexity index is 1270. The van der Waals surface area contributed by atoms with Gasteiger partial charge in [-0.1, -0.05) is 41.9 Å². The summed E-state index contributed by atoms with van der Waals surface area (Å²) in [4.78, 5) is 32.5. The van der Waals surface area contributed by atoms with E-state index >= 15 is 0 Å². The van der Waals surface area contributed by atoms with Gasteiger partial charge in [-0.2, -0.15) is 0 Å². The van der Waals surface area contributed by atoms with Crippen molar-refractivity contribution in [3.63, 3.8) is 0 Å². The number of aromatic nitrogens is 2. The minimum atomic E-state index is -0.232. The van der Waals surface area contributed by atoms with Crippen LogP contribution >= 0.6 is 11.6 Å². The molecule has 4 aromatic rings. The van der Waals surface area contributed by atoms with Crippen molar-refractivity contribution < 1.29 is 9.59 Å². The van der Waals surface area contributed by atoms with E-state index in [9.17, 15) is 9.59 Å². The highest BCUT2D eigenvalue weighted by molar-refractivity contribution is 6.30. The van der Waals surface area contributed by atoms with Gasteiger partial charge in [0.25, 0.3) is 5.91 Å². The Morgan fingerprint density at radius 1 is 0.970 bits per heavy atom. The Hall–Kier alpha value is -3.64. The average molecular weight is 461 g/mol. The predicted molar refractivity (Wildman–Crippen MR) is 131 cm³/mol. The minimum absolute atomic E-state index is 0.0113. The lowest BCUT2D eigenvalue weighted by molar-refractivity contribution is -0.119. The molecule has 0 unspecified atom stereocenters. The van der Waals surface area contributed by atoms with E-state index in [2.05, 4.69) is 10.3 Å². The number of hydrogen-bond donors (Lipinski definition) is 1. The van der Waals surface area contributed by atoms with Gasteiger partial charge in [-0.25, -0.2) is 4.98 Å². The van der Waals surface area contributed by atoms with Crippen molar-refractivity contribution in [1.29, 1.82) is 0 Å². The fourth-order valence-electron chi connectivity index (χ4n) is 3.83. The Labute approximate surface area is 197 Å².